The number of methoxy groups -OCH3 is 1. The van der Waals surface area contributed by atoms with Crippen molar-refractivity contribution in [2.75, 3.05) is 33.4 Å². The standard InChI is InChI=1S/C15H25FN2O/c1-12(2)10-18(8-9-19-3)11-15(17)13-4-6-14(16)7-5-13/h4-7,12,15H,8-11,17H2,1-3H3. The van der Waals surface area contributed by atoms with Gasteiger partial charge in [0.1, 0.15) is 5.82 Å². The second-order valence-electron chi connectivity index (χ2n) is 5.30. The smallest absolute Gasteiger partial charge is 0.123 e. The van der Waals surface area contributed by atoms with Crippen LogP contribution in [-0.2, 0) is 4.74 Å². The van der Waals surface area contributed by atoms with Gasteiger partial charge in [0.2, 0.25) is 0 Å². The molecule has 0 fully saturated rings. The number of nitrogens with zero attached hydrogens (tertiary/aromatic N) is 1. The molecule has 2 N–H and O–H groups in total. The molecule has 0 aromatic heterocycles. The highest BCUT2D eigenvalue weighted by Crippen LogP contribution is 2.13. The van der Waals surface area contributed by atoms with Crippen molar-refractivity contribution in [2.45, 2.75) is 19.9 Å². The molecule has 0 heterocycles. The first kappa shape index (κ1) is 16.1. The molecule has 0 spiro atoms. The van der Waals surface area contributed by atoms with Crippen LogP contribution in [0, 0.1) is 11.7 Å². The second kappa shape index (κ2) is 8.25. The zero-order valence-corrected chi connectivity index (χ0v) is 12.1. The third-order valence-electron chi connectivity index (χ3n) is 2.99. The van der Waals surface area contributed by atoms with Crippen LogP contribution in [0.3, 0.4) is 0 Å². The Morgan fingerprint density at radius 3 is 2.37 bits per heavy atom. The maximum Gasteiger partial charge on any atom is 0.123 e. The van der Waals surface area contributed by atoms with Gasteiger partial charge in [-0.15, -0.1) is 0 Å². The molecule has 0 saturated carbocycles. The number of rotatable bonds is 8. The van der Waals surface area contributed by atoms with Gasteiger partial charge in [0.05, 0.1) is 6.61 Å². The van der Waals surface area contributed by atoms with Crippen LogP contribution >= 0.6 is 0 Å². The first-order valence-electron chi connectivity index (χ1n) is 6.75. The second-order valence-corrected chi connectivity index (χ2v) is 5.30. The van der Waals surface area contributed by atoms with E-state index in [1.807, 2.05) is 0 Å². The number of hydrogen-bond donors (Lipinski definition) is 1. The van der Waals surface area contributed by atoms with Gasteiger partial charge in [-0.25, -0.2) is 4.39 Å². The van der Waals surface area contributed by atoms with Crippen LogP contribution < -0.4 is 5.73 Å². The summed E-state index contributed by atoms with van der Waals surface area (Å²) in [5.41, 5.74) is 7.15. The maximum atomic E-state index is 12.9. The zero-order chi connectivity index (χ0) is 14.3. The Kier molecular flexibility index (Phi) is 6.99. The first-order valence-corrected chi connectivity index (χ1v) is 6.75. The van der Waals surface area contributed by atoms with Gasteiger partial charge in [-0.1, -0.05) is 26.0 Å². The van der Waals surface area contributed by atoms with E-state index in [0.29, 0.717) is 12.5 Å². The normalized spacial score (nSPS) is 13.2. The van der Waals surface area contributed by atoms with E-state index in [4.69, 9.17) is 10.5 Å². The van der Waals surface area contributed by atoms with Crippen molar-refractivity contribution >= 4 is 0 Å². The molecule has 1 aromatic rings. The fourth-order valence-electron chi connectivity index (χ4n) is 2.09. The molecule has 0 aliphatic carbocycles. The van der Waals surface area contributed by atoms with E-state index < -0.39 is 0 Å². The average Bonchev–Trinajstić information content (AvgIpc) is 2.36. The summed E-state index contributed by atoms with van der Waals surface area (Å²) in [4.78, 5) is 2.29. The highest BCUT2D eigenvalue weighted by molar-refractivity contribution is 5.19. The van der Waals surface area contributed by atoms with E-state index in [2.05, 4.69) is 18.7 Å². The van der Waals surface area contributed by atoms with Crippen molar-refractivity contribution in [3.63, 3.8) is 0 Å². The average molecular weight is 268 g/mol. The molecule has 3 nitrogen and oxygen atoms in total. The van der Waals surface area contributed by atoms with Crippen LogP contribution in [0.2, 0.25) is 0 Å². The van der Waals surface area contributed by atoms with E-state index in [0.717, 1.165) is 25.2 Å². The monoisotopic (exact) mass is 268 g/mol. The maximum absolute atomic E-state index is 12.9. The van der Waals surface area contributed by atoms with E-state index in [-0.39, 0.29) is 11.9 Å². The van der Waals surface area contributed by atoms with Gasteiger partial charge in [0, 0.05) is 32.8 Å². The summed E-state index contributed by atoms with van der Waals surface area (Å²) in [6.45, 7) is 7.67. The zero-order valence-electron chi connectivity index (χ0n) is 12.1. The molecule has 0 radical (unpaired) electrons. The summed E-state index contributed by atoms with van der Waals surface area (Å²) in [6.07, 6.45) is 0. The Morgan fingerprint density at radius 2 is 1.84 bits per heavy atom. The van der Waals surface area contributed by atoms with Gasteiger partial charge in [0.25, 0.3) is 0 Å². The third kappa shape index (κ3) is 6.14. The molecular formula is C15H25FN2O. The van der Waals surface area contributed by atoms with Crippen molar-refractivity contribution in [3.8, 4) is 0 Å². The summed E-state index contributed by atoms with van der Waals surface area (Å²) >= 11 is 0. The lowest BCUT2D eigenvalue weighted by atomic mass is 10.1. The number of ether oxygens (including phenoxy) is 1. The van der Waals surface area contributed by atoms with Crippen LogP contribution in [0.25, 0.3) is 0 Å². The Bertz CT molecular complexity index is 354. The van der Waals surface area contributed by atoms with Crippen molar-refractivity contribution in [3.05, 3.63) is 35.6 Å². The fourth-order valence-corrected chi connectivity index (χ4v) is 2.09. The predicted molar refractivity (Wildman–Crippen MR) is 76.5 cm³/mol. The number of halogens is 1. The molecule has 1 atom stereocenters. The Hall–Kier alpha value is -0.970. The highest BCUT2D eigenvalue weighted by Gasteiger charge is 2.13. The quantitative estimate of drug-likeness (QED) is 0.787. The van der Waals surface area contributed by atoms with Crippen molar-refractivity contribution in [2.24, 2.45) is 11.7 Å². The molecule has 1 unspecified atom stereocenters. The summed E-state index contributed by atoms with van der Waals surface area (Å²) in [5, 5.41) is 0. The molecule has 0 aliphatic rings. The van der Waals surface area contributed by atoms with E-state index in [1.54, 1.807) is 19.2 Å². The van der Waals surface area contributed by atoms with E-state index in [9.17, 15) is 4.39 Å². The molecule has 0 bridgehead atoms. The Balaban J connectivity index is 2.58. The molecule has 0 amide bonds. The molecule has 19 heavy (non-hydrogen) atoms. The third-order valence-corrected chi connectivity index (χ3v) is 2.99. The van der Waals surface area contributed by atoms with Crippen molar-refractivity contribution < 1.29 is 9.13 Å². The lowest BCUT2D eigenvalue weighted by Crippen LogP contribution is -2.37. The molecule has 4 heteroatoms. The summed E-state index contributed by atoms with van der Waals surface area (Å²) in [5.74, 6) is 0.353. The molecule has 0 saturated heterocycles. The van der Waals surface area contributed by atoms with E-state index in [1.165, 1.54) is 12.1 Å². The van der Waals surface area contributed by atoms with E-state index >= 15 is 0 Å². The topological polar surface area (TPSA) is 38.5 Å². The SMILES string of the molecule is COCCN(CC(C)C)CC(N)c1ccc(F)cc1. The molecule has 108 valence electrons. The van der Waals surface area contributed by atoms with Gasteiger partial charge < -0.3 is 10.5 Å². The minimum absolute atomic E-state index is 0.101. The Labute approximate surface area is 115 Å². The van der Waals surface area contributed by atoms with Crippen LogP contribution in [0.1, 0.15) is 25.5 Å². The molecule has 0 aliphatic heterocycles. The number of benzene rings is 1. The number of hydrogen-bond acceptors (Lipinski definition) is 3. The lowest BCUT2D eigenvalue weighted by molar-refractivity contribution is 0.136. The van der Waals surface area contributed by atoms with Crippen molar-refractivity contribution in [1.29, 1.82) is 0 Å². The van der Waals surface area contributed by atoms with Gasteiger partial charge in [-0.3, -0.25) is 4.90 Å². The predicted octanol–water partition coefficient (Wildman–Crippen LogP) is 2.43. The van der Waals surface area contributed by atoms with Gasteiger partial charge in [-0.2, -0.15) is 0 Å². The minimum Gasteiger partial charge on any atom is -0.383 e. The number of nitrogens with two attached hydrogens (primary N) is 1. The van der Waals surface area contributed by atoms with Crippen LogP contribution in [-0.4, -0.2) is 38.3 Å². The largest absolute Gasteiger partial charge is 0.383 e. The summed E-state index contributed by atoms with van der Waals surface area (Å²) in [6, 6.07) is 6.32. The van der Waals surface area contributed by atoms with Gasteiger partial charge in [-0.05, 0) is 23.6 Å². The fraction of sp³-hybridized carbons (Fsp3) is 0.600. The molecule has 1 rings (SSSR count). The lowest BCUT2D eigenvalue weighted by Gasteiger charge is -2.27. The van der Waals surface area contributed by atoms with Gasteiger partial charge in [0.15, 0.2) is 0 Å². The highest BCUT2D eigenvalue weighted by atomic mass is 19.1. The summed E-state index contributed by atoms with van der Waals surface area (Å²) < 4.78 is 18.0. The van der Waals surface area contributed by atoms with Crippen molar-refractivity contribution in [1.82, 2.24) is 4.90 Å². The minimum atomic E-state index is -0.227. The van der Waals surface area contributed by atoms with Gasteiger partial charge >= 0.3 is 0 Å². The Morgan fingerprint density at radius 1 is 1.21 bits per heavy atom. The van der Waals surface area contributed by atoms with Crippen LogP contribution in [0.4, 0.5) is 4.39 Å². The first-order chi connectivity index (χ1) is 9.02. The molecular weight excluding hydrogens is 243 g/mol. The molecule has 1 aromatic carbocycles. The van der Waals surface area contributed by atoms with Crippen LogP contribution in [0.15, 0.2) is 24.3 Å². The summed E-state index contributed by atoms with van der Waals surface area (Å²) in [7, 11) is 1.70. The van der Waals surface area contributed by atoms with Crippen LogP contribution in [0.5, 0.6) is 0 Å².